The molecule has 0 aromatic heterocycles. The molecular formula is C21H31FN2O3. The van der Waals surface area contributed by atoms with E-state index in [1.165, 1.54) is 12.1 Å². The highest BCUT2D eigenvalue weighted by molar-refractivity contribution is 5.80. The van der Waals surface area contributed by atoms with Gasteiger partial charge in [0.1, 0.15) is 11.4 Å². The Morgan fingerprint density at radius 1 is 1.26 bits per heavy atom. The van der Waals surface area contributed by atoms with Gasteiger partial charge in [-0.15, -0.1) is 0 Å². The molecule has 1 fully saturated rings. The predicted molar refractivity (Wildman–Crippen MR) is 103 cm³/mol. The molecule has 1 aliphatic rings. The van der Waals surface area contributed by atoms with Crippen molar-refractivity contribution >= 4 is 12.0 Å². The van der Waals surface area contributed by atoms with Gasteiger partial charge < -0.3 is 14.5 Å². The van der Waals surface area contributed by atoms with Crippen LogP contribution in [0.1, 0.15) is 53.0 Å². The van der Waals surface area contributed by atoms with Crippen molar-refractivity contribution in [2.24, 2.45) is 5.92 Å². The molecule has 0 aliphatic carbocycles. The van der Waals surface area contributed by atoms with Crippen molar-refractivity contribution in [1.29, 1.82) is 0 Å². The molecule has 0 radical (unpaired) electrons. The molecule has 1 aromatic carbocycles. The zero-order valence-corrected chi connectivity index (χ0v) is 17.0. The Morgan fingerprint density at radius 2 is 1.89 bits per heavy atom. The summed E-state index contributed by atoms with van der Waals surface area (Å²) >= 11 is 0. The van der Waals surface area contributed by atoms with Crippen LogP contribution in [0.4, 0.5) is 9.18 Å². The number of halogens is 1. The molecule has 0 unspecified atom stereocenters. The maximum atomic E-state index is 13.1. The van der Waals surface area contributed by atoms with Gasteiger partial charge in [0, 0.05) is 25.7 Å². The van der Waals surface area contributed by atoms with Crippen molar-refractivity contribution in [3.8, 4) is 0 Å². The Hall–Kier alpha value is -2.11. The van der Waals surface area contributed by atoms with Crippen LogP contribution in [0.25, 0.3) is 0 Å². The molecule has 0 saturated carbocycles. The minimum atomic E-state index is -0.555. The minimum Gasteiger partial charge on any atom is -0.444 e. The van der Waals surface area contributed by atoms with Gasteiger partial charge in [-0.25, -0.2) is 9.18 Å². The second-order valence-corrected chi connectivity index (χ2v) is 8.45. The van der Waals surface area contributed by atoms with Crippen LogP contribution in [0.15, 0.2) is 24.3 Å². The third kappa shape index (κ3) is 6.22. The third-order valence-corrected chi connectivity index (χ3v) is 4.59. The van der Waals surface area contributed by atoms with Crippen molar-refractivity contribution in [1.82, 2.24) is 9.80 Å². The van der Waals surface area contributed by atoms with E-state index in [-0.39, 0.29) is 29.8 Å². The fourth-order valence-corrected chi connectivity index (χ4v) is 3.21. The zero-order chi connectivity index (χ0) is 20.2. The number of benzene rings is 1. The average Bonchev–Trinajstić information content (AvgIpc) is 2.59. The summed E-state index contributed by atoms with van der Waals surface area (Å²) < 4.78 is 18.6. The normalized spacial score (nSPS) is 17.7. The van der Waals surface area contributed by atoms with Gasteiger partial charge in [0.15, 0.2) is 0 Å². The smallest absolute Gasteiger partial charge is 0.410 e. The van der Waals surface area contributed by atoms with E-state index in [2.05, 4.69) is 0 Å². The Kier molecular flexibility index (Phi) is 6.84. The predicted octanol–water partition coefficient (Wildman–Crippen LogP) is 4.21. The van der Waals surface area contributed by atoms with Crippen LogP contribution in [0.2, 0.25) is 0 Å². The van der Waals surface area contributed by atoms with Crippen LogP contribution in [0, 0.1) is 11.7 Å². The number of piperidine rings is 1. The average molecular weight is 378 g/mol. The molecule has 2 rings (SSSR count). The van der Waals surface area contributed by atoms with Crippen LogP contribution in [0.5, 0.6) is 0 Å². The molecule has 2 amide bonds. The number of likely N-dealkylation sites (tertiary alicyclic amines) is 1. The van der Waals surface area contributed by atoms with Gasteiger partial charge in [0.2, 0.25) is 5.91 Å². The first-order valence-corrected chi connectivity index (χ1v) is 9.59. The number of carbonyl (C=O) groups excluding carboxylic acids is 2. The fourth-order valence-electron chi connectivity index (χ4n) is 3.21. The van der Waals surface area contributed by atoms with Crippen LogP contribution >= 0.6 is 0 Å². The van der Waals surface area contributed by atoms with Crippen LogP contribution in [-0.2, 0) is 16.1 Å². The Morgan fingerprint density at radius 3 is 2.44 bits per heavy atom. The van der Waals surface area contributed by atoms with Crippen molar-refractivity contribution < 1.29 is 18.7 Å². The Balaban J connectivity index is 2.06. The second-order valence-electron chi connectivity index (χ2n) is 8.45. The van der Waals surface area contributed by atoms with E-state index in [1.807, 2.05) is 34.6 Å². The highest BCUT2D eigenvalue weighted by Crippen LogP contribution is 2.23. The molecule has 1 heterocycles. The largest absolute Gasteiger partial charge is 0.444 e. The standard InChI is InChI=1S/C21H31FN2O3/c1-15(2)24(13-16-8-10-18(22)11-9-16)19(25)17-7-6-12-23(14-17)20(26)27-21(3,4)5/h8-11,15,17H,6-7,12-14H2,1-5H3/t17-/m0/s1. The van der Waals surface area contributed by atoms with Gasteiger partial charge in [0.05, 0.1) is 5.92 Å². The minimum absolute atomic E-state index is 0.0134. The highest BCUT2D eigenvalue weighted by Gasteiger charge is 2.33. The topological polar surface area (TPSA) is 49.9 Å². The molecule has 150 valence electrons. The number of hydrogen-bond acceptors (Lipinski definition) is 3. The van der Waals surface area contributed by atoms with Crippen LogP contribution < -0.4 is 0 Å². The zero-order valence-electron chi connectivity index (χ0n) is 17.0. The Labute approximate surface area is 161 Å². The molecule has 1 aliphatic heterocycles. The first kappa shape index (κ1) is 21.2. The maximum absolute atomic E-state index is 13.1. The van der Waals surface area contributed by atoms with Crippen LogP contribution in [0.3, 0.4) is 0 Å². The molecule has 1 atom stereocenters. The van der Waals surface area contributed by atoms with E-state index >= 15 is 0 Å². The second kappa shape index (κ2) is 8.72. The fraction of sp³-hybridized carbons (Fsp3) is 0.619. The van der Waals surface area contributed by atoms with E-state index in [9.17, 15) is 14.0 Å². The van der Waals surface area contributed by atoms with E-state index in [0.29, 0.717) is 19.6 Å². The summed E-state index contributed by atoms with van der Waals surface area (Å²) in [5.74, 6) is -0.502. The number of ether oxygens (including phenoxy) is 1. The van der Waals surface area contributed by atoms with Crippen LogP contribution in [-0.4, -0.2) is 46.5 Å². The molecule has 1 saturated heterocycles. The summed E-state index contributed by atoms with van der Waals surface area (Å²) in [6.45, 7) is 10.9. The highest BCUT2D eigenvalue weighted by atomic mass is 19.1. The van der Waals surface area contributed by atoms with Gasteiger partial charge in [0.25, 0.3) is 0 Å². The SMILES string of the molecule is CC(C)N(Cc1ccc(F)cc1)C(=O)[C@H]1CCCN(C(=O)OC(C)(C)C)C1. The van der Waals surface area contributed by atoms with E-state index in [0.717, 1.165) is 18.4 Å². The maximum Gasteiger partial charge on any atom is 0.410 e. The lowest BCUT2D eigenvalue weighted by atomic mass is 9.96. The summed E-state index contributed by atoms with van der Waals surface area (Å²) in [5.41, 5.74) is 0.332. The first-order chi connectivity index (χ1) is 12.6. The summed E-state index contributed by atoms with van der Waals surface area (Å²) in [5, 5.41) is 0. The lowest BCUT2D eigenvalue weighted by molar-refractivity contribution is -0.139. The van der Waals surface area contributed by atoms with Gasteiger partial charge in [-0.1, -0.05) is 12.1 Å². The van der Waals surface area contributed by atoms with Gasteiger partial charge in [-0.3, -0.25) is 4.79 Å². The molecule has 6 heteroatoms. The summed E-state index contributed by atoms with van der Waals surface area (Å²) in [6, 6.07) is 6.23. The van der Waals surface area contributed by atoms with Crippen molar-refractivity contribution in [2.45, 2.75) is 65.6 Å². The monoisotopic (exact) mass is 378 g/mol. The molecular weight excluding hydrogens is 347 g/mol. The number of nitrogens with zero attached hydrogens (tertiary/aromatic N) is 2. The molecule has 0 N–H and O–H groups in total. The van der Waals surface area contributed by atoms with Crippen molar-refractivity contribution in [2.75, 3.05) is 13.1 Å². The first-order valence-electron chi connectivity index (χ1n) is 9.59. The van der Waals surface area contributed by atoms with Crippen molar-refractivity contribution in [3.63, 3.8) is 0 Å². The summed E-state index contributed by atoms with van der Waals surface area (Å²) in [7, 11) is 0. The molecule has 0 spiro atoms. The lowest BCUT2D eigenvalue weighted by Crippen LogP contribution is -2.49. The lowest BCUT2D eigenvalue weighted by Gasteiger charge is -2.37. The summed E-state index contributed by atoms with van der Waals surface area (Å²) in [4.78, 5) is 28.9. The third-order valence-electron chi connectivity index (χ3n) is 4.59. The summed E-state index contributed by atoms with van der Waals surface area (Å²) in [6.07, 6.45) is 1.16. The number of carbonyl (C=O) groups is 2. The molecule has 0 bridgehead atoms. The van der Waals surface area contributed by atoms with E-state index in [4.69, 9.17) is 4.74 Å². The van der Waals surface area contributed by atoms with Gasteiger partial charge in [-0.2, -0.15) is 0 Å². The number of rotatable bonds is 4. The van der Waals surface area contributed by atoms with Gasteiger partial charge >= 0.3 is 6.09 Å². The molecule has 1 aromatic rings. The van der Waals surface area contributed by atoms with E-state index < -0.39 is 5.60 Å². The Bertz CT molecular complexity index is 652. The quantitative estimate of drug-likeness (QED) is 0.789. The van der Waals surface area contributed by atoms with Crippen molar-refractivity contribution in [3.05, 3.63) is 35.6 Å². The molecule has 5 nitrogen and oxygen atoms in total. The number of amides is 2. The number of hydrogen-bond donors (Lipinski definition) is 0. The van der Waals surface area contributed by atoms with Gasteiger partial charge in [-0.05, 0) is 65.2 Å². The van der Waals surface area contributed by atoms with E-state index in [1.54, 1.807) is 21.9 Å². The molecule has 27 heavy (non-hydrogen) atoms.